The number of carbonyl (C=O) groups excluding carboxylic acids is 5. The summed E-state index contributed by atoms with van der Waals surface area (Å²) in [6.07, 6.45) is -0.328. The van der Waals surface area contributed by atoms with Crippen molar-refractivity contribution in [2.75, 3.05) is 39.2 Å². The molecule has 11 heteroatoms. The van der Waals surface area contributed by atoms with Crippen LogP contribution in [0.4, 0.5) is 10.1 Å². The minimum absolute atomic E-state index is 0.0237. The fourth-order valence-electron chi connectivity index (χ4n) is 5.14. The molecule has 254 valence electrons. The van der Waals surface area contributed by atoms with Crippen molar-refractivity contribution in [3.05, 3.63) is 125 Å². The molecule has 4 aromatic carbocycles. The molecular formula is C38H37FN2O8. The molecule has 0 heterocycles. The normalized spacial score (nSPS) is 10.9. The molecule has 2 amide bonds. The number of esters is 3. The van der Waals surface area contributed by atoms with Gasteiger partial charge in [0, 0.05) is 19.7 Å². The van der Waals surface area contributed by atoms with Gasteiger partial charge in [0.15, 0.2) is 0 Å². The fourth-order valence-corrected chi connectivity index (χ4v) is 5.14. The van der Waals surface area contributed by atoms with E-state index in [9.17, 15) is 28.4 Å². The molecule has 0 aliphatic carbocycles. The second-order valence-electron chi connectivity index (χ2n) is 11.1. The molecule has 0 unspecified atom stereocenters. The lowest BCUT2D eigenvalue weighted by molar-refractivity contribution is -0.170. The van der Waals surface area contributed by atoms with Gasteiger partial charge in [-0.2, -0.15) is 0 Å². The Balaban J connectivity index is 1.60. The standard InChI is InChI=1S/C38H37FN2O8/c1-5-47-36(45)38(37(46)48-6-2,27-12-8-7-9-13-27)24-49-33(42)23-25-16-21-32(31(22-25)35(44)41(3)4)40-34(43)30-15-11-10-14-29(30)26-17-19-28(39)20-18-26/h7-22H,5-6,23-24H2,1-4H3,(H,40,43). The van der Waals surface area contributed by atoms with E-state index in [2.05, 4.69) is 5.32 Å². The number of nitrogens with zero attached hydrogens (tertiary/aromatic N) is 1. The molecule has 0 aliphatic rings. The monoisotopic (exact) mass is 668 g/mol. The van der Waals surface area contributed by atoms with Gasteiger partial charge in [0.2, 0.25) is 5.41 Å². The van der Waals surface area contributed by atoms with Gasteiger partial charge < -0.3 is 24.4 Å². The zero-order valence-corrected chi connectivity index (χ0v) is 27.7. The first kappa shape index (κ1) is 36.0. The minimum Gasteiger partial charge on any atom is -0.465 e. The van der Waals surface area contributed by atoms with E-state index in [1.807, 2.05) is 0 Å². The molecule has 0 bridgehead atoms. The summed E-state index contributed by atoms with van der Waals surface area (Å²) in [7, 11) is 3.10. The van der Waals surface area contributed by atoms with Crippen molar-refractivity contribution in [2.45, 2.75) is 25.7 Å². The van der Waals surface area contributed by atoms with Gasteiger partial charge in [-0.1, -0.05) is 66.7 Å². The van der Waals surface area contributed by atoms with Crippen LogP contribution in [-0.2, 0) is 40.4 Å². The number of rotatable bonds is 13. The average Bonchev–Trinajstić information content (AvgIpc) is 3.10. The summed E-state index contributed by atoms with van der Waals surface area (Å²) in [6.45, 7) is 2.45. The van der Waals surface area contributed by atoms with Gasteiger partial charge in [-0.15, -0.1) is 0 Å². The van der Waals surface area contributed by atoms with E-state index in [1.165, 1.54) is 29.2 Å². The Labute approximate surface area is 283 Å². The number of nitrogens with one attached hydrogen (secondary N) is 1. The van der Waals surface area contributed by atoms with E-state index in [-0.39, 0.29) is 36.4 Å². The first-order valence-electron chi connectivity index (χ1n) is 15.6. The highest BCUT2D eigenvalue weighted by Crippen LogP contribution is 2.30. The summed E-state index contributed by atoms with van der Waals surface area (Å²) in [4.78, 5) is 67.8. The van der Waals surface area contributed by atoms with Crippen LogP contribution in [0.5, 0.6) is 0 Å². The van der Waals surface area contributed by atoms with E-state index in [0.29, 0.717) is 22.3 Å². The Bertz CT molecular complexity index is 1810. The van der Waals surface area contributed by atoms with Gasteiger partial charge in [0.05, 0.1) is 30.9 Å². The molecule has 0 aliphatic heterocycles. The van der Waals surface area contributed by atoms with Crippen molar-refractivity contribution in [3.8, 4) is 11.1 Å². The van der Waals surface area contributed by atoms with E-state index in [4.69, 9.17) is 14.2 Å². The van der Waals surface area contributed by atoms with Gasteiger partial charge in [-0.25, -0.2) is 4.39 Å². The number of carbonyl (C=O) groups is 5. The molecule has 49 heavy (non-hydrogen) atoms. The van der Waals surface area contributed by atoms with Gasteiger partial charge >= 0.3 is 17.9 Å². The van der Waals surface area contributed by atoms with Crippen molar-refractivity contribution in [3.63, 3.8) is 0 Å². The Kier molecular flexibility index (Phi) is 12.0. The van der Waals surface area contributed by atoms with Gasteiger partial charge in [0.1, 0.15) is 12.4 Å². The molecule has 0 fully saturated rings. The molecule has 0 radical (unpaired) electrons. The maximum atomic E-state index is 13.6. The Morgan fingerprint density at radius 1 is 0.735 bits per heavy atom. The Morgan fingerprint density at radius 3 is 1.96 bits per heavy atom. The molecule has 10 nitrogen and oxygen atoms in total. The zero-order valence-electron chi connectivity index (χ0n) is 27.7. The summed E-state index contributed by atoms with van der Waals surface area (Å²) in [5.41, 5.74) is 0.354. The van der Waals surface area contributed by atoms with E-state index >= 15 is 0 Å². The van der Waals surface area contributed by atoms with Crippen LogP contribution < -0.4 is 5.32 Å². The lowest BCUT2D eigenvalue weighted by Gasteiger charge is -2.29. The van der Waals surface area contributed by atoms with Crippen molar-refractivity contribution in [1.82, 2.24) is 4.90 Å². The third-order valence-corrected chi connectivity index (χ3v) is 7.61. The number of anilines is 1. The highest BCUT2D eigenvalue weighted by molar-refractivity contribution is 6.12. The maximum absolute atomic E-state index is 13.6. The topological polar surface area (TPSA) is 128 Å². The van der Waals surface area contributed by atoms with E-state index < -0.39 is 47.6 Å². The van der Waals surface area contributed by atoms with Crippen LogP contribution in [0.15, 0.2) is 97.1 Å². The molecule has 0 spiro atoms. The maximum Gasteiger partial charge on any atom is 0.331 e. The summed E-state index contributed by atoms with van der Waals surface area (Å²) >= 11 is 0. The summed E-state index contributed by atoms with van der Waals surface area (Å²) in [5.74, 6) is -3.99. The number of hydrogen-bond acceptors (Lipinski definition) is 8. The van der Waals surface area contributed by atoms with Crippen LogP contribution >= 0.6 is 0 Å². The smallest absolute Gasteiger partial charge is 0.331 e. The lowest BCUT2D eigenvalue weighted by Crippen LogP contribution is -2.50. The molecule has 0 atom stereocenters. The SMILES string of the molecule is CCOC(=O)C(COC(=O)Cc1ccc(NC(=O)c2ccccc2-c2ccc(F)cc2)c(C(=O)N(C)C)c1)(C(=O)OCC)c1ccccc1. The highest BCUT2D eigenvalue weighted by atomic mass is 19.1. The fraction of sp³-hybridized carbons (Fsp3) is 0.237. The van der Waals surface area contributed by atoms with Crippen LogP contribution in [0.3, 0.4) is 0 Å². The third kappa shape index (κ3) is 8.36. The summed E-state index contributed by atoms with van der Waals surface area (Å²) < 4.78 is 29.6. The predicted molar refractivity (Wildman–Crippen MR) is 180 cm³/mol. The average molecular weight is 669 g/mol. The third-order valence-electron chi connectivity index (χ3n) is 7.61. The lowest BCUT2D eigenvalue weighted by atomic mass is 9.81. The van der Waals surface area contributed by atoms with Crippen LogP contribution in [0, 0.1) is 5.82 Å². The first-order chi connectivity index (χ1) is 23.5. The zero-order chi connectivity index (χ0) is 35.6. The van der Waals surface area contributed by atoms with Gasteiger partial charge in [-0.05, 0) is 66.4 Å². The molecule has 4 rings (SSSR count). The molecule has 0 aromatic heterocycles. The Hall–Kier alpha value is -5.84. The Morgan fingerprint density at radius 2 is 1.35 bits per heavy atom. The van der Waals surface area contributed by atoms with Crippen LogP contribution in [0.25, 0.3) is 11.1 Å². The first-order valence-corrected chi connectivity index (χ1v) is 15.6. The van der Waals surface area contributed by atoms with Gasteiger partial charge in [0.25, 0.3) is 11.8 Å². The van der Waals surface area contributed by atoms with Crippen LogP contribution in [0.2, 0.25) is 0 Å². The molecule has 0 saturated carbocycles. The van der Waals surface area contributed by atoms with E-state index in [1.54, 1.807) is 101 Å². The van der Waals surface area contributed by atoms with Crippen molar-refractivity contribution < 1.29 is 42.6 Å². The summed E-state index contributed by atoms with van der Waals surface area (Å²) in [5, 5.41) is 2.80. The second kappa shape index (κ2) is 16.3. The predicted octanol–water partition coefficient (Wildman–Crippen LogP) is 5.60. The largest absolute Gasteiger partial charge is 0.465 e. The summed E-state index contributed by atoms with van der Waals surface area (Å²) in [6, 6.07) is 25.1. The molecule has 0 saturated heterocycles. The number of hydrogen-bond donors (Lipinski definition) is 1. The number of ether oxygens (including phenoxy) is 3. The quantitative estimate of drug-likeness (QED) is 0.111. The van der Waals surface area contributed by atoms with Gasteiger partial charge in [-0.3, -0.25) is 24.0 Å². The van der Waals surface area contributed by atoms with Crippen LogP contribution in [-0.4, -0.2) is 68.5 Å². The molecular weight excluding hydrogens is 631 g/mol. The van der Waals surface area contributed by atoms with Crippen molar-refractivity contribution >= 4 is 35.4 Å². The second-order valence-corrected chi connectivity index (χ2v) is 11.1. The minimum atomic E-state index is -2.06. The molecule has 1 N–H and O–H groups in total. The highest BCUT2D eigenvalue weighted by Gasteiger charge is 2.52. The van der Waals surface area contributed by atoms with Crippen molar-refractivity contribution in [1.29, 1.82) is 0 Å². The number of benzene rings is 4. The number of amides is 2. The molecule has 4 aromatic rings. The van der Waals surface area contributed by atoms with Crippen molar-refractivity contribution in [2.24, 2.45) is 0 Å². The number of halogens is 1. The van der Waals surface area contributed by atoms with E-state index in [0.717, 1.165) is 0 Å². The van der Waals surface area contributed by atoms with Crippen LogP contribution in [0.1, 0.15) is 45.7 Å².